The lowest BCUT2D eigenvalue weighted by Gasteiger charge is -2.10. The van der Waals surface area contributed by atoms with Gasteiger partial charge < -0.3 is 5.32 Å². The van der Waals surface area contributed by atoms with Crippen molar-refractivity contribution in [3.63, 3.8) is 0 Å². The fraction of sp³-hybridized carbons (Fsp3) is 0.500. The third-order valence-electron chi connectivity index (χ3n) is 2.43. The van der Waals surface area contributed by atoms with E-state index < -0.39 is 0 Å². The molecule has 0 heterocycles. The van der Waals surface area contributed by atoms with Crippen LogP contribution in [0.25, 0.3) is 0 Å². The standard InChI is InChI=1S/C14H20N2S/c1-3-7-16-14(9-15)11-17-10-13-6-4-5-12(2)8-13/h4-6,8,14,16H,3,7,10-11H2,1-2H3. The second-order valence-corrected chi connectivity index (χ2v) is 5.17. The van der Waals surface area contributed by atoms with Crippen LogP contribution in [-0.4, -0.2) is 18.3 Å². The molecule has 0 bridgehead atoms. The number of aryl methyl sites for hydroxylation is 1. The van der Waals surface area contributed by atoms with Gasteiger partial charge in [-0.2, -0.15) is 17.0 Å². The first-order chi connectivity index (χ1) is 8.26. The van der Waals surface area contributed by atoms with E-state index in [9.17, 15) is 0 Å². The van der Waals surface area contributed by atoms with Gasteiger partial charge in [0.25, 0.3) is 0 Å². The van der Waals surface area contributed by atoms with E-state index in [0.717, 1.165) is 24.5 Å². The van der Waals surface area contributed by atoms with Crippen molar-refractivity contribution in [1.29, 1.82) is 5.26 Å². The maximum absolute atomic E-state index is 8.97. The molecule has 92 valence electrons. The van der Waals surface area contributed by atoms with Crippen molar-refractivity contribution in [2.45, 2.75) is 32.1 Å². The maximum Gasteiger partial charge on any atom is 0.104 e. The first-order valence-electron chi connectivity index (χ1n) is 6.02. The van der Waals surface area contributed by atoms with Crippen LogP contribution in [0.15, 0.2) is 24.3 Å². The molecule has 0 saturated heterocycles. The highest BCUT2D eigenvalue weighted by atomic mass is 32.2. The Bertz CT molecular complexity index is 371. The van der Waals surface area contributed by atoms with Gasteiger partial charge in [0.05, 0.1) is 6.07 Å². The molecule has 0 aliphatic heterocycles. The van der Waals surface area contributed by atoms with Crippen molar-refractivity contribution in [2.75, 3.05) is 12.3 Å². The van der Waals surface area contributed by atoms with Crippen LogP contribution in [0, 0.1) is 18.3 Å². The van der Waals surface area contributed by atoms with Crippen LogP contribution in [-0.2, 0) is 5.75 Å². The highest BCUT2D eigenvalue weighted by Gasteiger charge is 2.05. The van der Waals surface area contributed by atoms with Crippen LogP contribution in [0.2, 0.25) is 0 Å². The number of thioether (sulfide) groups is 1. The topological polar surface area (TPSA) is 35.8 Å². The lowest BCUT2D eigenvalue weighted by atomic mass is 10.2. The zero-order valence-corrected chi connectivity index (χ0v) is 11.4. The van der Waals surface area contributed by atoms with E-state index >= 15 is 0 Å². The van der Waals surface area contributed by atoms with Crippen molar-refractivity contribution in [3.8, 4) is 6.07 Å². The summed E-state index contributed by atoms with van der Waals surface area (Å²) in [7, 11) is 0. The highest BCUT2D eigenvalue weighted by Crippen LogP contribution is 2.14. The summed E-state index contributed by atoms with van der Waals surface area (Å²) in [5.74, 6) is 1.83. The van der Waals surface area contributed by atoms with E-state index in [0.29, 0.717) is 0 Å². The lowest BCUT2D eigenvalue weighted by Crippen LogP contribution is -2.30. The van der Waals surface area contributed by atoms with Crippen LogP contribution >= 0.6 is 11.8 Å². The van der Waals surface area contributed by atoms with Crippen molar-refractivity contribution < 1.29 is 0 Å². The monoisotopic (exact) mass is 248 g/mol. The van der Waals surface area contributed by atoms with Crippen LogP contribution in [0.4, 0.5) is 0 Å². The molecule has 2 nitrogen and oxygen atoms in total. The van der Waals surface area contributed by atoms with E-state index in [4.69, 9.17) is 5.26 Å². The summed E-state index contributed by atoms with van der Waals surface area (Å²) in [5.41, 5.74) is 2.63. The Morgan fingerprint density at radius 3 is 2.94 bits per heavy atom. The molecule has 3 heteroatoms. The quantitative estimate of drug-likeness (QED) is 0.805. The van der Waals surface area contributed by atoms with Gasteiger partial charge in [-0.1, -0.05) is 36.8 Å². The van der Waals surface area contributed by atoms with Gasteiger partial charge in [-0.15, -0.1) is 0 Å². The fourth-order valence-electron chi connectivity index (χ4n) is 1.56. The second kappa shape index (κ2) is 8.16. The molecule has 0 amide bonds. The summed E-state index contributed by atoms with van der Waals surface area (Å²) >= 11 is 1.81. The summed E-state index contributed by atoms with van der Waals surface area (Å²) in [6, 6.07) is 10.8. The van der Waals surface area contributed by atoms with E-state index in [1.54, 1.807) is 0 Å². The Balaban J connectivity index is 2.29. The van der Waals surface area contributed by atoms with Gasteiger partial charge in [0.2, 0.25) is 0 Å². The number of hydrogen-bond acceptors (Lipinski definition) is 3. The number of nitriles is 1. The SMILES string of the molecule is CCCNC(C#N)CSCc1cccc(C)c1. The molecule has 1 unspecified atom stereocenters. The van der Waals surface area contributed by atoms with Gasteiger partial charge in [-0.3, -0.25) is 0 Å². The van der Waals surface area contributed by atoms with Gasteiger partial charge in [0.1, 0.15) is 6.04 Å². The molecule has 0 aromatic heterocycles. The van der Waals surface area contributed by atoms with Crippen LogP contribution < -0.4 is 5.32 Å². The van der Waals surface area contributed by atoms with E-state index in [-0.39, 0.29) is 6.04 Å². The first-order valence-corrected chi connectivity index (χ1v) is 7.18. The van der Waals surface area contributed by atoms with Crippen LogP contribution in [0.5, 0.6) is 0 Å². The van der Waals surface area contributed by atoms with Crippen LogP contribution in [0.3, 0.4) is 0 Å². The molecule has 0 aliphatic carbocycles. The number of hydrogen-bond donors (Lipinski definition) is 1. The molecular weight excluding hydrogens is 228 g/mol. The Labute approximate surface area is 108 Å². The van der Waals surface area contributed by atoms with Crippen molar-refractivity contribution in [2.24, 2.45) is 0 Å². The summed E-state index contributed by atoms with van der Waals surface area (Å²) in [4.78, 5) is 0. The minimum atomic E-state index is -0.0234. The summed E-state index contributed by atoms with van der Waals surface area (Å²) in [6.45, 7) is 5.14. The summed E-state index contributed by atoms with van der Waals surface area (Å²) in [6.07, 6.45) is 1.07. The van der Waals surface area contributed by atoms with Gasteiger partial charge >= 0.3 is 0 Å². The smallest absolute Gasteiger partial charge is 0.104 e. The second-order valence-electron chi connectivity index (χ2n) is 4.14. The average molecular weight is 248 g/mol. The molecule has 0 spiro atoms. The molecule has 1 aromatic rings. The Morgan fingerprint density at radius 1 is 1.47 bits per heavy atom. The normalized spacial score (nSPS) is 12.1. The highest BCUT2D eigenvalue weighted by molar-refractivity contribution is 7.98. The van der Waals surface area contributed by atoms with Gasteiger partial charge in [0, 0.05) is 11.5 Å². The average Bonchev–Trinajstić information content (AvgIpc) is 2.33. The zero-order chi connectivity index (χ0) is 12.5. The lowest BCUT2D eigenvalue weighted by molar-refractivity contribution is 0.637. The van der Waals surface area contributed by atoms with Gasteiger partial charge in [-0.25, -0.2) is 0 Å². The number of rotatable bonds is 7. The number of nitrogens with one attached hydrogen (secondary N) is 1. The van der Waals surface area contributed by atoms with Gasteiger partial charge in [-0.05, 0) is 25.5 Å². The molecule has 0 fully saturated rings. The predicted octanol–water partition coefficient (Wildman–Crippen LogP) is 3.12. The van der Waals surface area contributed by atoms with Crippen molar-refractivity contribution >= 4 is 11.8 Å². The largest absolute Gasteiger partial charge is 0.301 e. The van der Waals surface area contributed by atoms with E-state index in [1.807, 2.05) is 11.8 Å². The Kier molecular flexibility index (Phi) is 6.76. The van der Waals surface area contributed by atoms with Crippen molar-refractivity contribution in [1.82, 2.24) is 5.32 Å². The Morgan fingerprint density at radius 2 is 2.29 bits per heavy atom. The number of nitrogens with zero attached hydrogens (tertiary/aromatic N) is 1. The molecule has 17 heavy (non-hydrogen) atoms. The fourth-order valence-corrected chi connectivity index (χ4v) is 2.52. The molecule has 1 N–H and O–H groups in total. The Hall–Kier alpha value is -0.980. The third-order valence-corrected chi connectivity index (χ3v) is 3.54. The predicted molar refractivity (Wildman–Crippen MR) is 75.0 cm³/mol. The summed E-state index contributed by atoms with van der Waals surface area (Å²) in [5, 5.41) is 12.2. The van der Waals surface area contributed by atoms with E-state index in [1.165, 1.54) is 11.1 Å². The van der Waals surface area contributed by atoms with E-state index in [2.05, 4.69) is 49.5 Å². The minimum absolute atomic E-state index is 0.0234. The van der Waals surface area contributed by atoms with Crippen LogP contribution in [0.1, 0.15) is 24.5 Å². The molecular formula is C14H20N2S. The molecule has 0 aliphatic rings. The van der Waals surface area contributed by atoms with Gasteiger partial charge in [0.15, 0.2) is 0 Å². The molecule has 0 saturated carbocycles. The van der Waals surface area contributed by atoms with Crippen molar-refractivity contribution in [3.05, 3.63) is 35.4 Å². The first kappa shape index (κ1) is 14.1. The molecule has 1 aromatic carbocycles. The molecule has 0 radical (unpaired) electrons. The minimum Gasteiger partial charge on any atom is -0.301 e. The molecule has 1 rings (SSSR count). The molecule has 1 atom stereocenters. The zero-order valence-electron chi connectivity index (χ0n) is 10.6. The number of benzene rings is 1. The maximum atomic E-state index is 8.97. The summed E-state index contributed by atoms with van der Waals surface area (Å²) < 4.78 is 0. The third kappa shape index (κ3) is 5.76.